The largest absolute Gasteiger partial charge is 0.415 e. The first-order valence-electron chi connectivity index (χ1n) is 11.3. The van der Waals surface area contributed by atoms with E-state index in [4.69, 9.17) is 11.1 Å². The lowest BCUT2D eigenvalue weighted by molar-refractivity contribution is -0.125. The minimum Gasteiger partial charge on any atom is -0.401 e. The number of nitrogens with zero attached hydrogens (tertiary/aromatic N) is 2. The van der Waals surface area contributed by atoms with Crippen molar-refractivity contribution in [2.24, 2.45) is 17.1 Å². The van der Waals surface area contributed by atoms with Gasteiger partial charge in [0, 0.05) is 50.4 Å². The molecule has 2 aliphatic heterocycles. The highest BCUT2D eigenvalue weighted by atomic mass is 19.4. The highest BCUT2D eigenvalue weighted by Crippen LogP contribution is 2.41. The molecule has 0 aromatic carbocycles. The van der Waals surface area contributed by atoms with E-state index in [1.807, 2.05) is 0 Å². The van der Waals surface area contributed by atoms with Crippen LogP contribution in [-0.2, 0) is 4.79 Å². The quantitative estimate of drug-likeness (QED) is 0.443. The molecule has 1 amide bonds. The fourth-order valence-corrected chi connectivity index (χ4v) is 4.72. The van der Waals surface area contributed by atoms with Crippen LogP contribution in [0.15, 0.2) is 46.2 Å². The molecular weight excluding hydrogens is 455 g/mol. The average Bonchev–Trinajstić information content (AvgIpc) is 3.01. The van der Waals surface area contributed by atoms with Crippen molar-refractivity contribution in [3.05, 3.63) is 46.2 Å². The van der Waals surface area contributed by atoms with Gasteiger partial charge in [-0.1, -0.05) is 32.4 Å². The van der Waals surface area contributed by atoms with Gasteiger partial charge in [-0.25, -0.2) is 8.78 Å². The van der Waals surface area contributed by atoms with Gasteiger partial charge in [0.25, 0.3) is 5.91 Å². The number of nitrogens with two attached hydrogens (primary N) is 1. The van der Waals surface area contributed by atoms with Crippen molar-refractivity contribution in [2.45, 2.75) is 46.2 Å². The SMILES string of the molecule is CC(C)(C)CN1CC(N)=C(C(=N)C(=O)N2CCC(C3=CC=C(F)C(F)=C(C(F)(F)F)C3)CC2)C1. The molecule has 1 fully saturated rings. The molecule has 0 bridgehead atoms. The maximum absolute atomic E-state index is 13.9. The highest BCUT2D eigenvalue weighted by molar-refractivity contribution is 6.44. The summed E-state index contributed by atoms with van der Waals surface area (Å²) in [6.07, 6.45) is -3.06. The van der Waals surface area contributed by atoms with Crippen LogP contribution < -0.4 is 5.73 Å². The molecule has 1 aliphatic carbocycles. The number of rotatable bonds is 4. The molecule has 0 atom stereocenters. The molecule has 0 radical (unpaired) electrons. The Morgan fingerprint density at radius 2 is 1.74 bits per heavy atom. The van der Waals surface area contributed by atoms with Crippen LogP contribution in [0.25, 0.3) is 0 Å². The average molecular weight is 487 g/mol. The van der Waals surface area contributed by atoms with Crippen LogP contribution in [-0.4, -0.2) is 60.3 Å². The molecule has 34 heavy (non-hydrogen) atoms. The van der Waals surface area contributed by atoms with Crippen molar-refractivity contribution < 1.29 is 26.7 Å². The Bertz CT molecular complexity index is 976. The fraction of sp³-hybridized carbons (Fsp3) is 0.583. The highest BCUT2D eigenvalue weighted by Gasteiger charge is 2.40. The molecule has 5 nitrogen and oxygen atoms in total. The molecular formula is C24H31F5N4O. The van der Waals surface area contributed by atoms with Crippen LogP contribution in [0.5, 0.6) is 0 Å². The summed E-state index contributed by atoms with van der Waals surface area (Å²) in [5, 5.41) is 8.40. The minimum absolute atomic E-state index is 0.0404. The van der Waals surface area contributed by atoms with Crippen molar-refractivity contribution in [1.29, 1.82) is 5.41 Å². The topological polar surface area (TPSA) is 73.4 Å². The van der Waals surface area contributed by atoms with Crippen LogP contribution >= 0.6 is 0 Å². The monoisotopic (exact) mass is 486 g/mol. The summed E-state index contributed by atoms with van der Waals surface area (Å²) >= 11 is 0. The van der Waals surface area contributed by atoms with Crippen LogP contribution in [0.1, 0.15) is 40.0 Å². The summed E-state index contributed by atoms with van der Waals surface area (Å²) in [7, 11) is 0. The normalized spacial score (nSPS) is 21.6. The van der Waals surface area contributed by atoms with Gasteiger partial charge >= 0.3 is 6.18 Å². The second kappa shape index (κ2) is 9.64. The molecule has 0 spiro atoms. The Morgan fingerprint density at radius 3 is 2.29 bits per heavy atom. The van der Waals surface area contributed by atoms with Gasteiger partial charge in [0.2, 0.25) is 0 Å². The molecule has 3 aliphatic rings. The molecule has 0 aromatic heterocycles. The Balaban J connectivity index is 1.62. The number of alkyl halides is 3. The number of carbonyl (C=O) groups excluding carboxylic acids is 1. The Labute approximate surface area is 196 Å². The van der Waals surface area contributed by atoms with Crippen LogP contribution in [0.4, 0.5) is 22.0 Å². The van der Waals surface area contributed by atoms with Crippen molar-refractivity contribution in [2.75, 3.05) is 32.7 Å². The fourth-order valence-electron chi connectivity index (χ4n) is 4.72. The van der Waals surface area contributed by atoms with Crippen LogP contribution in [0.3, 0.4) is 0 Å². The van der Waals surface area contributed by atoms with E-state index < -0.39 is 35.7 Å². The summed E-state index contributed by atoms with van der Waals surface area (Å²) < 4.78 is 67.3. The third-order valence-corrected chi connectivity index (χ3v) is 6.32. The molecule has 0 saturated carbocycles. The minimum atomic E-state index is -4.97. The Hall–Kier alpha value is -2.49. The van der Waals surface area contributed by atoms with E-state index in [1.54, 1.807) is 0 Å². The van der Waals surface area contributed by atoms with Gasteiger partial charge in [-0.2, -0.15) is 13.2 Å². The number of nitrogens with one attached hydrogen (secondary N) is 1. The predicted octanol–water partition coefficient (Wildman–Crippen LogP) is 4.79. The summed E-state index contributed by atoms with van der Waals surface area (Å²) in [5.74, 6) is -4.21. The smallest absolute Gasteiger partial charge is 0.401 e. The molecule has 1 saturated heterocycles. The number of hydrogen-bond acceptors (Lipinski definition) is 4. The first-order valence-corrected chi connectivity index (χ1v) is 11.3. The molecule has 3 N–H and O–H groups in total. The van der Waals surface area contributed by atoms with Crippen LogP contribution in [0, 0.1) is 16.7 Å². The maximum atomic E-state index is 13.9. The van der Waals surface area contributed by atoms with E-state index in [9.17, 15) is 26.7 Å². The zero-order valence-electron chi connectivity index (χ0n) is 19.7. The number of allylic oxidation sites excluding steroid dienone is 6. The summed E-state index contributed by atoms with van der Waals surface area (Å²) in [4.78, 5) is 16.5. The lowest BCUT2D eigenvalue weighted by Gasteiger charge is -2.34. The number of hydrogen-bond donors (Lipinski definition) is 2. The summed E-state index contributed by atoms with van der Waals surface area (Å²) in [6.45, 7) is 8.45. The van der Waals surface area contributed by atoms with Crippen molar-refractivity contribution in [3.8, 4) is 0 Å². The molecule has 2 heterocycles. The second-order valence-corrected chi connectivity index (χ2v) is 10.4. The second-order valence-electron chi connectivity index (χ2n) is 10.4. The number of amides is 1. The number of carbonyl (C=O) groups is 1. The van der Waals surface area contributed by atoms with Gasteiger partial charge in [0.1, 0.15) is 5.71 Å². The number of halogens is 5. The Kier molecular flexibility index (Phi) is 7.40. The zero-order chi connectivity index (χ0) is 25.4. The first kappa shape index (κ1) is 26.1. The summed E-state index contributed by atoms with van der Waals surface area (Å²) in [5.41, 5.74) is 5.79. The van der Waals surface area contributed by atoms with Crippen molar-refractivity contribution in [3.63, 3.8) is 0 Å². The van der Waals surface area contributed by atoms with E-state index in [-0.39, 0.29) is 35.7 Å². The third-order valence-electron chi connectivity index (χ3n) is 6.32. The molecule has 188 valence electrons. The maximum Gasteiger partial charge on any atom is 0.415 e. The third kappa shape index (κ3) is 5.95. The molecule has 3 rings (SSSR count). The predicted molar refractivity (Wildman–Crippen MR) is 120 cm³/mol. The van der Waals surface area contributed by atoms with Gasteiger partial charge in [-0.05, 0) is 30.3 Å². The van der Waals surface area contributed by atoms with Crippen molar-refractivity contribution in [1.82, 2.24) is 9.80 Å². The lowest BCUT2D eigenvalue weighted by atomic mass is 9.85. The Morgan fingerprint density at radius 1 is 1.12 bits per heavy atom. The number of piperidine rings is 1. The van der Waals surface area contributed by atoms with Gasteiger partial charge in [0.15, 0.2) is 11.7 Å². The lowest BCUT2D eigenvalue weighted by Crippen LogP contribution is -2.43. The number of likely N-dealkylation sites (tertiary alicyclic amines) is 1. The molecule has 0 unspecified atom stereocenters. The molecule has 0 aromatic rings. The zero-order valence-corrected chi connectivity index (χ0v) is 19.7. The van der Waals surface area contributed by atoms with E-state index >= 15 is 0 Å². The van der Waals surface area contributed by atoms with Crippen molar-refractivity contribution >= 4 is 11.6 Å². The van der Waals surface area contributed by atoms with E-state index in [0.29, 0.717) is 37.2 Å². The standard InChI is InChI=1S/C24H31F5N4O/c1-23(2,3)13-32-11-16(19(30)12-32)21(31)22(34)33-8-6-14(7-9-33)15-4-5-18(25)20(26)17(10-15)24(27,28)29/h4-5,14,31H,6-13,30H2,1-3H3. The first-order chi connectivity index (χ1) is 15.7. The van der Waals surface area contributed by atoms with Gasteiger partial charge in [0.05, 0.1) is 5.57 Å². The van der Waals surface area contributed by atoms with E-state index in [0.717, 1.165) is 12.6 Å². The molecule has 10 heteroatoms. The van der Waals surface area contributed by atoms with E-state index in [2.05, 4.69) is 25.7 Å². The van der Waals surface area contributed by atoms with Gasteiger partial charge in [-0.3, -0.25) is 15.1 Å². The van der Waals surface area contributed by atoms with E-state index in [1.165, 1.54) is 11.0 Å². The van der Waals surface area contributed by atoms with Gasteiger partial charge in [-0.15, -0.1) is 0 Å². The van der Waals surface area contributed by atoms with Crippen LogP contribution in [0.2, 0.25) is 0 Å². The summed E-state index contributed by atoms with van der Waals surface area (Å²) in [6, 6.07) is 0. The van der Waals surface area contributed by atoms with Gasteiger partial charge < -0.3 is 10.6 Å².